The van der Waals surface area contributed by atoms with E-state index in [0.29, 0.717) is 18.5 Å². The van der Waals surface area contributed by atoms with Crippen molar-refractivity contribution in [2.45, 2.75) is 19.4 Å². The lowest BCUT2D eigenvalue weighted by Gasteiger charge is -2.16. The van der Waals surface area contributed by atoms with E-state index < -0.39 is 5.82 Å². The molecular formula is C11H14FN3O. The van der Waals surface area contributed by atoms with Crippen LogP contribution in [0.2, 0.25) is 0 Å². The SMILES string of the molecule is Nc1ccc(CN2CCCC2=O)c(F)c1N. The van der Waals surface area contributed by atoms with Gasteiger partial charge in [-0.15, -0.1) is 0 Å². The van der Waals surface area contributed by atoms with Gasteiger partial charge < -0.3 is 16.4 Å². The van der Waals surface area contributed by atoms with E-state index in [4.69, 9.17) is 11.5 Å². The summed E-state index contributed by atoms with van der Waals surface area (Å²) in [4.78, 5) is 13.0. The van der Waals surface area contributed by atoms with E-state index in [1.807, 2.05) is 0 Å². The fraction of sp³-hybridized carbons (Fsp3) is 0.364. The van der Waals surface area contributed by atoms with Crippen LogP contribution < -0.4 is 11.5 Å². The van der Waals surface area contributed by atoms with Crippen LogP contribution in [-0.4, -0.2) is 17.4 Å². The van der Waals surface area contributed by atoms with Crippen molar-refractivity contribution in [2.24, 2.45) is 0 Å². The molecule has 1 amide bonds. The Bertz CT molecular complexity index is 433. The highest BCUT2D eigenvalue weighted by molar-refractivity contribution is 5.78. The molecule has 4 N–H and O–H groups in total. The van der Waals surface area contributed by atoms with Crippen molar-refractivity contribution in [3.63, 3.8) is 0 Å². The normalized spacial score (nSPS) is 15.8. The minimum Gasteiger partial charge on any atom is -0.397 e. The topological polar surface area (TPSA) is 72.3 Å². The predicted octanol–water partition coefficient (Wildman–Crippen LogP) is 1.11. The molecule has 1 fully saturated rings. The highest BCUT2D eigenvalue weighted by atomic mass is 19.1. The number of nitrogens with two attached hydrogens (primary N) is 2. The number of nitrogens with zero attached hydrogens (tertiary/aromatic N) is 1. The van der Waals surface area contributed by atoms with Gasteiger partial charge in [0.05, 0.1) is 11.4 Å². The monoisotopic (exact) mass is 223 g/mol. The summed E-state index contributed by atoms with van der Waals surface area (Å²) >= 11 is 0. The van der Waals surface area contributed by atoms with Gasteiger partial charge in [0.2, 0.25) is 5.91 Å². The van der Waals surface area contributed by atoms with Crippen molar-refractivity contribution < 1.29 is 9.18 Å². The Balaban J connectivity index is 2.22. The number of benzene rings is 1. The van der Waals surface area contributed by atoms with Crippen molar-refractivity contribution in [1.29, 1.82) is 0 Å². The second kappa shape index (κ2) is 4.00. The zero-order valence-corrected chi connectivity index (χ0v) is 8.87. The molecule has 0 radical (unpaired) electrons. The lowest BCUT2D eigenvalue weighted by atomic mass is 10.1. The van der Waals surface area contributed by atoms with Gasteiger partial charge in [0, 0.05) is 25.1 Å². The fourth-order valence-electron chi connectivity index (χ4n) is 1.85. The van der Waals surface area contributed by atoms with E-state index >= 15 is 0 Å². The largest absolute Gasteiger partial charge is 0.397 e. The average Bonchev–Trinajstić information content (AvgIpc) is 2.65. The van der Waals surface area contributed by atoms with Crippen molar-refractivity contribution in [3.8, 4) is 0 Å². The molecule has 0 aromatic heterocycles. The summed E-state index contributed by atoms with van der Waals surface area (Å²) in [6.07, 6.45) is 1.39. The first-order chi connectivity index (χ1) is 7.59. The van der Waals surface area contributed by atoms with Crippen LogP contribution in [0.4, 0.5) is 15.8 Å². The number of nitrogen functional groups attached to an aromatic ring is 2. The van der Waals surface area contributed by atoms with Gasteiger partial charge in [-0.25, -0.2) is 4.39 Å². The molecule has 86 valence electrons. The van der Waals surface area contributed by atoms with Gasteiger partial charge in [-0.2, -0.15) is 0 Å². The Kier molecular flexibility index (Phi) is 2.68. The average molecular weight is 223 g/mol. The number of hydrogen-bond acceptors (Lipinski definition) is 3. The Labute approximate surface area is 93.0 Å². The van der Waals surface area contributed by atoms with Gasteiger partial charge in [0.25, 0.3) is 0 Å². The van der Waals surface area contributed by atoms with Gasteiger partial charge in [-0.05, 0) is 12.5 Å². The second-order valence-corrected chi connectivity index (χ2v) is 3.96. The summed E-state index contributed by atoms with van der Waals surface area (Å²) in [5.41, 5.74) is 11.6. The third-order valence-electron chi connectivity index (χ3n) is 2.83. The Hall–Kier alpha value is -1.78. The van der Waals surface area contributed by atoms with Crippen molar-refractivity contribution in [2.75, 3.05) is 18.0 Å². The summed E-state index contributed by atoms with van der Waals surface area (Å²) in [5.74, 6) is -0.450. The van der Waals surface area contributed by atoms with Crippen molar-refractivity contribution in [1.82, 2.24) is 4.90 Å². The van der Waals surface area contributed by atoms with E-state index in [-0.39, 0.29) is 23.8 Å². The van der Waals surface area contributed by atoms with E-state index in [1.54, 1.807) is 17.0 Å². The Morgan fingerprint density at radius 3 is 2.75 bits per heavy atom. The standard InChI is InChI=1S/C11H14FN3O/c12-10-7(3-4-8(13)11(10)14)6-15-5-1-2-9(15)16/h3-4H,1-2,5-6,13-14H2. The highest BCUT2D eigenvalue weighted by Gasteiger charge is 2.21. The number of rotatable bonds is 2. The molecule has 0 atom stereocenters. The van der Waals surface area contributed by atoms with Gasteiger partial charge in [-0.1, -0.05) is 6.07 Å². The first kappa shape index (κ1) is 10.7. The highest BCUT2D eigenvalue weighted by Crippen LogP contribution is 2.24. The summed E-state index contributed by atoms with van der Waals surface area (Å²) in [6.45, 7) is 0.956. The Morgan fingerprint density at radius 2 is 2.12 bits per heavy atom. The molecule has 0 unspecified atom stereocenters. The molecule has 1 aromatic rings. The summed E-state index contributed by atoms with van der Waals surface area (Å²) < 4.78 is 13.7. The number of amides is 1. The maximum atomic E-state index is 13.7. The molecule has 0 saturated carbocycles. The molecule has 0 bridgehead atoms. The van der Waals surface area contributed by atoms with Gasteiger partial charge in [-0.3, -0.25) is 4.79 Å². The molecule has 0 spiro atoms. The first-order valence-corrected chi connectivity index (χ1v) is 5.19. The molecule has 1 aromatic carbocycles. The number of likely N-dealkylation sites (tertiary alicyclic amines) is 1. The smallest absolute Gasteiger partial charge is 0.222 e. The summed E-state index contributed by atoms with van der Waals surface area (Å²) in [6, 6.07) is 3.14. The zero-order valence-electron chi connectivity index (χ0n) is 8.87. The van der Waals surface area contributed by atoms with E-state index in [1.165, 1.54) is 0 Å². The van der Waals surface area contributed by atoms with E-state index in [9.17, 15) is 9.18 Å². The van der Waals surface area contributed by atoms with Crippen molar-refractivity contribution >= 4 is 17.3 Å². The van der Waals surface area contributed by atoms with Crippen LogP contribution in [0.15, 0.2) is 12.1 Å². The zero-order chi connectivity index (χ0) is 11.7. The maximum absolute atomic E-state index is 13.7. The third kappa shape index (κ3) is 1.80. The molecule has 2 rings (SSSR count). The van der Waals surface area contributed by atoms with E-state index in [2.05, 4.69) is 0 Å². The van der Waals surface area contributed by atoms with Gasteiger partial charge >= 0.3 is 0 Å². The number of carbonyl (C=O) groups is 1. The predicted molar refractivity (Wildman–Crippen MR) is 59.9 cm³/mol. The third-order valence-corrected chi connectivity index (χ3v) is 2.83. The lowest BCUT2D eigenvalue weighted by molar-refractivity contribution is -0.128. The van der Waals surface area contributed by atoms with Crippen LogP contribution in [0, 0.1) is 5.82 Å². The van der Waals surface area contributed by atoms with Crippen LogP contribution >= 0.6 is 0 Å². The molecule has 5 heteroatoms. The maximum Gasteiger partial charge on any atom is 0.222 e. The number of anilines is 2. The molecule has 0 aliphatic carbocycles. The minimum atomic E-state index is -0.514. The number of carbonyl (C=O) groups excluding carboxylic acids is 1. The molecule has 4 nitrogen and oxygen atoms in total. The summed E-state index contributed by atoms with van der Waals surface area (Å²) in [5, 5.41) is 0. The van der Waals surface area contributed by atoms with Crippen LogP contribution in [0.1, 0.15) is 18.4 Å². The Morgan fingerprint density at radius 1 is 1.38 bits per heavy atom. The van der Waals surface area contributed by atoms with Crippen LogP contribution in [0.3, 0.4) is 0 Å². The van der Waals surface area contributed by atoms with Gasteiger partial charge in [0.1, 0.15) is 0 Å². The molecule has 16 heavy (non-hydrogen) atoms. The van der Waals surface area contributed by atoms with Gasteiger partial charge in [0.15, 0.2) is 5.82 Å². The van der Waals surface area contributed by atoms with Crippen LogP contribution in [0.25, 0.3) is 0 Å². The second-order valence-electron chi connectivity index (χ2n) is 3.96. The fourth-order valence-corrected chi connectivity index (χ4v) is 1.85. The number of halogens is 1. The van der Waals surface area contributed by atoms with Crippen LogP contribution in [0.5, 0.6) is 0 Å². The first-order valence-electron chi connectivity index (χ1n) is 5.19. The molecule has 1 aliphatic rings. The van der Waals surface area contributed by atoms with Crippen molar-refractivity contribution in [3.05, 3.63) is 23.5 Å². The molecule has 1 aliphatic heterocycles. The minimum absolute atomic E-state index is 0.0378. The van der Waals surface area contributed by atoms with Crippen LogP contribution in [-0.2, 0) is 11.3 Å². The molecular weight excluding hydrogens is 209 g/mol. The lowest BCUT2D eigenvalue weighted by Crippen LogP contribution is -2.24. The molecule has 1 saturated heterocycles. The van der Waals surface area contributed by atoms with E-state index in [0.717, 1.165) is 6.42 Å². The number of hydrogen-bond donors (Lipinski definition) is 2. The quantitative estimate of drug-likeness (QED) is 0.738. The molecule has 1 heterocycles. The summed E-state index contributed by atoms with van der Waals surface area (Å²) in [7, 11) is 0.